The fourth-order valence-corrected chi connectivity index (χ4v) is 2.07. The zero-order valence-corrected chi connectivity index (χ0v) is 10.8. The third-order valence-electron chi connectivity index (χ3n) is 2.85. The lowest BCUT2D eigenvalue weighted by Gasteiger charge is -2.25. The number of hydrogen-bond acceptors (Lipinski definition) is 3. The molecule has 1 aliphatic rings. The summed E-state index contributed by atoms with van der Waals surface area (Å²) in [4.78, 5) is 13.8. The maximum Gasteiger partial charge on any atom is 0.240 e. The molecule has 0 saturated carbocycles. The molecule has 2 unspecified atom stereocenters. The minimum atomic E-state index is -0.0506. The molecule has 0 spiro atoms. The van der Waals surface area contributed by atoms with Crippen molar-refractivity contribution in [3.8, 4) is 0 Å². The van der Waals surface area contributed by atoms with Gasteiger partial charge >= 0.3 is 0 Å². The molecule has 1 aliphatic heterocycles. The monoisotopic (exact) mass is 228 g/mol. The van der Waals surface area contributed by atoms with E-state index < -0.39 is 0 Å². The Hall–Kier alpha value is -0.610. The number of amides is 1. The Kier molecular flexibility index (Phi) is 5.22. The molecule has 0 bridgehead atoms. The van der Waals surface area contributed by atoms with Crippen molar-refractivity contribution in [2.75, 3.05) is 19.8 Å². The smallest absolute Gasteiger partial charge is 0.240 e. The third kappa shape index (κ3) is 3.46. The summed E-state index contributed by atoms with van der Waals surface area (Å²) in [6.45, 7) is 10.3. The van der Waals surface area contributed by atoms with Crippen LogP contribution in [0.25, 0.3) is 0 Å². The average molecular weight is 228 g/mol. The van der Waals surface area contributed by atoms with E-state index in [-0.39, 0.29) is 18.1 Å². The molecule has 1 fully saturated rings. The Morgan fingerprint density at radius 1 is 1.50 bits per heavy atom. The third-order valence-corrected chi connectivity index (χ3v) is 2.85. The van der Waals surface area contributed by atoms with Crippen LogP contribution in [-0.4, -0.2) is 42.8 Å². The van der Waals surface area contributed by atoms with E-state index in [0.717, 1.165) is 6.42 Å². The summed E-state index contributed by atoms with van der Waals surface area (Å²) in [5.74, 6) is 0.788. The van der Waals surface area contributed by atoms with Crippen LogP contribution in [-0.2, 0) is 9.53 Å². The fourth-order valence-electron chi connectivity index (χ4n) is 2.07. The van der Waals surface area contributed by atoms with Crippen LogP contribution in [0.4, 0.5) is 0 Å². The molecule has 1 rings (SSSR count). The molecule has 16 heavy (non-hydrogen) atoms. The standard InChI is InChI=1S/C12H24N2O2/c1-5-16-7-6-14-11(8-9(2)3)13-10(4)12(14)15/h9-11,13H,5-8H2,1-4H3. The Bertz CT molecular complexity index is 231. The minimum Gasteiger partial charge on any atom is -0.380 e. The van der Waals surface area contributed by atoms with E-state index in [1.807, 2.05) is 18.7 Å². The molecular formula is C12H24N2O2. The Labute approximate surface area is 98.3 Å². The predicted molar refractivity (Wildman–Crippen MR) is 64.0 cm³/mol. The van der Waals surface area contributed by atoms with Gasteiger partial charge in [0.05, 0.1) is 18.8 Å². The number of ether oxygens (including phenoxy) is 1. The van der Waals surface area contributed by atoms with E-state index >= 15 is 0 Å². The molecule has 1 N–H and O–H groups in total. The van der Waals surface area contributed by atoms with Crippen molar-refractivity contribution in [3.63, 3.8) is 0 Å². The van der Waals surface area contributed by atoms with Crippen LogP contribution in [0.5, 0.6) is 0 Å². The quantitative estimate of drug-likeness (QED) is 0.695. The van der Waals surface area contributed by atoms with Gasteiger partial charge in [-0.05, 0) is 26.2 Å². The first-order valence-corrected chi connectivity index (χ1v) is 6.20. The fraction of sp³-hybridized carbons (Fsp3) is 0.917. The van der Waals surface area contributed by atoms with Gasteiger partial charge in [0.25, 0.3) is 0 Å². The molecule has 1 amide bonds. The van der Waals surface area contributed by atoms with Crippen LogP contribution in [0, 0.1) is 5.92 Å². The van der Waals surface area contributed by atoms with Gasteiger partial charge in [0.1, 0.15) is 0 Å². The van der Waals surface area contributed by atoms with Gasteiger partial charge in [-0.1, -0.05) is 13.8 Å². The highest BCUT2D eigenvalue weighted by molar-refractivity contribution is 5.83. The Morgan fingerprint density at radius 3 is 2.75 bits per heavy atom. The molecule has 0 aromatic heterocycles. The van der Waals surface area contributed by atoms with E-state index in [0.29, 0.717) is 25.7 Å². The van der Waals surface area contributed by atoms with Gasteiger partial charge in [-0.15, -0.1) is 0 Å². The van der Waals surface area contributed by atoms with Crippen molar-refractivity contribution in [3.05, 3.63) is 0 Å². The van der Waals surface area contributed by atoms with E-state index in [9.17, 15) is 4.79 Å². The first kappa shape index (κ1) is 13.5. The van der Waals surface area contributed by atoms with Crippen molar-refractivity contribution in [1.29, 1.82) is 0 Å². The second-order valence-corrected chi connectivity index (χ2v) is 4.76. The van der Waals surface area contributed by atoms with Gasteiger partial charge < -0.3 is 9.64 Å². The largest absolute Gasteiger partial charge is 0.380 e. The summed E-state index contributed by atoms with van der Waals surface area (Å²) in [6.07, 6.45) is 1.19. The molecule has 0 aliphatic carbocycles. The molecule has 4 nitrogen and oxygen atoms in total. The highest BCUT2D eigenvalue weighted by Crippen LogP contribution is 2.17. The molecule has 94 valence electrons. The van der Waals surface area contributed by atoms with Crippen molar-refractivity contribution in [2.24, 2.45) is 5.92 Å². The van der Waals surface area contributed by atoms with Crippen LogP contribution in [0.15, 0.2) is 0 Å². The van der Waals surface area contributed by atoms with Crippen LogP contribution in [0.1, 0.15) is 34.1 Å². The van der Waals surface area contributed by atoms with Crippen LogP contribution in [0.3, 0.4) is 0 Å². The lowest BCUT2D eigenvalue weighted by Crippen LogP contribution is -2.40. The van der Waals surface area contributed by atoms with Crippen LogP contribution in [0.2, 0.25) is 0 Å². The molecule has 1 heterocycles. The molecule has 0 aromatic rings. The topological polar surface area (TPSA) is 41.6 Å². The van der Waals surface area contributed by atoms with Crippen LogP contribution >= 0.6 is 0 Å². The second-order valence-electron chi connectivity index (χ2n) is 4.76. The van der Waals surface area contributed by atoms with E-state index in [2.05, 4.69) is 19.2 Å². The number of nitrogens with one attached hydrogen (secondary N) is 1. The lowest BCUT2D eigenvalue weighted by atomic mass is 10.1. The maximum absolute atomic E-state index is 11.9. The van der Waals surface area contributed by atoms with E-state index in [4.69, 9.17) is 4.74 Å². The SMILES string of the molecule is CCOCCN1C(=O)C(C)NC1CC(C)C. The summed E-state index contributed by atoms with van der Waals surface area (Å²) < 4.78 is 5.31. The number of carbonyl (C=O) groups excluding carboxylic acids is 1. The van der Waals surface area contributed by atoms with Crippen molar-refractivity contribution < 1.29 is 9.53 Å². The summed E-state index contributed by atoms with van der Waals surface area (Å²) in [6, 6.07) is -0.0506. The first-order chi connectivity index (χ1) is 7.56. The number of carbonyl (C=O) groups is 1. The zero-order valence-electron chi connectivity index (χ0n) is 10.8. The van der Waals surface area contributed by atoms with Crippen molar-refractivity contribution in [2.45, 2.75) is 46.3 Å². The average Bonchev–Trinajstić information content (AvgIpc) is 2.45. The van der Waals surface area contributed by atoms with Gasteiger partial charge in [-0.25, -0.2) is 0 Å². The predicted octanol–water partition coefficient (Wildman–Crippen LogP) is 1.22. The summed E-state index contributed by atoms with van der Waals surface area (Å²) in [5.41, 5.74) is 0. The normalized spacial score (nSPS) is 25.8. The van der Waals surface area contributed by atoms with Crippen molar-refractivity contribution >= 4 is 5.91 Å². The maximum atomic E-state index is 11.9. The lowest BCUT2D eigenvalue weighted by molar-refractivity contribution is -0.130. The summed E-state index contributed by atoms with van der Waals surface area (Å²) in [5, 5.41) is 3.33. The van der Waals surface area contributed by atoms with Gasteiger partial charge in [0.2, 0.25) is 5.91 Å². The zero-order chi connectivity index (χ0) is 12.1. The van der Waals surface area contributed by atoms with Gasteiger partial charge in [0.15, 0.2) is 0 Å². The van der Waals surface area contributed by atoms with E-state index in [1.165, 1.54) is 0 Å². The highest BCUT2D eigenvalue weighted by Gasteiger charge is 2.35. The molecule has 0 radical (unpaired) electrons. The molecule has 4 heteroatoms. The molecular weight excluding hydrogens is 204 g/mol. The second kappa shape index (κ2) is 6.21. The molecule has 2 atom stereocenters. The molecule has 1 saturated heterocycles. The summed E-state index contributed by atoms with van der Waals surface area (Å²) in [7, 11) is 0. The number of rotatable bonds is 6. The molecule has 0 aromatic carbocycles. The Morgan fingerprint density at radius 2 is 2.19 bits per heavy atom. The van der Waals surface area contributed by atoms with Gasteiger partial charge in [-0.3, -0.25) is 10.1 Å². The van der Waals surface area contributed by atoms with E-state index in [1.54, 1.807) is 0 Å². The minimum absolute atomic E-state index is 0.0506. The van der Waals surface area contributed by atoms with Crippen molar-refractivity contribution in [1.82, 2.24) is 10.2 Å². The summed E-state index contributed by atoms with van der Waals surface area (Å²) >= 11 is 0. The number of nitrogens with zero attached hydrogens (tertiary/aromatic N) is 1. The van der Waals surface area contributed by atoms with Crippen LogP contribution < -0.4 is 5.32 Å². The Balaban J connectivity index is 2.50. The van der Waals surface area contributed by atoms with Gasteiger partial charge in [-0.2, -0.15) is 0 Å². The first-order valence-electron chi connectivity index (χ1n) is 6.20. The van der Waals surface area contributed by atoms with Gasteiger partial charge in [0, 0.05) is 13.2 Å². The number of hydrogen-bond donors (Lipinski definition) is 1. The highest BCUT2D eigenvalue weighted by atomic mass is 16.5.